The highest BCUT2D eigenvalue weighted by Crippen LogP contribution is 2.16. The number of hydrogen-bond donors (Lipinski definition) is 0. The summed E-state index contributed by atoms with van der Waals surface area (Å²) >= 11 is 0. The van der Waals surface area contributed by atoms with Gasteiger partial charge in [0, 0.05) is 6.42 Å². The summed E-state index contributed by atoms with van der Waals surface area (Å²) in [7, 11) is 1.39. The van der Waals surface area contributed by atoms with Crippen LogP contribution in [0.3, 0.4) is 0 Å². The van der Waals surface area contributed by atoms with Gasteiger partial charge in [0.25, 0.3) is 0 Å². The van der Waals surface area contributed by atoms with Gasteiger partial charge in [0.15, 0.2) is 0 Å². The summed E-state index contributed by atoms with van der Waals surface area (Å²) in [4.78, 5) is 10.8. The summed E-state index contributed by atoms with van der Waals surface area (Å²) in [5.41, 5.74) is 1.11. The van der Waals surface area contributed by atoms with Crippen LogP contribution in [0.25, 0.3) is 0 Å². The van der Waals surface area contributed by atoms with Gasteiger partial charge in [-0.3, -0.25) is 4.79 Å². The number of carbonyl (C=O) groups excluding carboxylic acids is 1. The number of hydrogen-bond acceptors (Lipinski definition) is 3. The van der Waals surface area contributed by atoms with E-state index in [0.29, 0.717) is 19.4 Å². The van der Waals surface area contributed by atoms with Crippen LogP contribution in [-0.2, 0) is 9.53 Å². The lowest BCUT2D eigenvalue weighted by molar-refractivity contribution is -0.140. The smallest absolute Gasteiger partial charge is 0.305 e. The molecule has 1 aromatic rings. The number of carbonyl (C=O) groups is 1. The molecule has 3 nitrogen and oxygen atoms in total. The molecule has 0 heterocycles. The Morgan fingerprint density at radius 2 is 2.07 bits per heavy atom. The quantitative estimate of drug-likeness (QED) is 0.550. The number of esters is 1. The standard InChI is InChI=1S/C12H16O3/c1-10-6-3-4-7-11(10)15-9-5-8-12(13)14-2/h3-4,6-7H,5,8-9H2,1-2H3. The molecule has 15 heavy (non-hydrogen) atoms. The molecule has 3 heteroatoms. The van der Waals surface area contributed by atoms with Crippen LogP contribution in [0.5, 0.6) is 5.75 Å². The van der Waals surface area contributed by atoms with E-state index in [1.54, 1.807) is 0 Å². The molecule has 0 aliphatic rings. The summed E-state index contributed by atoms with van der Waals surface area (Å²) < 4.78 is 10.1. The van der Waals surface area contributed by atoms with Gasteiger partial charge < -0.3 is 9.47 Å². The molecule has 1 aromatic carbocycles. The Hall–Kier alpha value is -1.51. The minimum atomic E-state index is -0.191. The summed E-state index contributed by atoms with van der Waals surface area (Å²) in [6, 6.07) is 7.82. The Balaban J connectivity index is 2.26. The van der Waals surface area contributed by atoms with E-state index >= 15 is 0 Å². The van der Waals surface area contributed by atoms with Gasteiger partial charge in [-0.15, -0.1) is 0 Å². The third kappa shape index (κ3) is 4.02. The zero-order valence-electron chi connectivity index (χ0n) is 9.16. The lowest BCUT2D eigenvalue weighted by Crippen LogP contribution is -2.04. The van der Waals surface area contributed by atoms with E-state index in [1.807, 2.05) is 31.2 Å². The van der Waals surface area contributed by atoms with Crippen molar-refractivity contribution in [2.24, 2.45) is 0 Å². The van der Waals surface area contributed by atoms with E-state index in [4.69, 9.17) is 4.74 Å². The highest BCUT2D eigenvalue weighted by Gasteiger charge is 2.01. The molecule has 0 bridgehead atoms. The van der Waals surface area contributed by atoms with E-state index in [9.17, 15) is 4.79 Å². The molecule has 0 aliphatic carbocycles. The van der Waals surface area contributed by atoms with Crippen molar-refractivity contribution in [2.45, 2.75) is 19.8 Å². The largest absolute Gasteiger partial charge is 0.493 e. The molecule has 0 radical (unpaired) electrons. The summed E-state index contributed by atoms with van der Waals surface area (Å²) in [6.07, 6.45) is 1.09. The molecular formula is C12H16O3. The SMILES string of the molecule is COC(=O)CCCOc1ccccc1C. The van der Waals surface area contributed by atoms with E-state index in [-0.39, 0.29) is 5.97 Å². The zero-order chi connectivity index (χ0) is 11.1. The molecule has 0 aromatic heterocycles. The maximum Gasteiger partial charge on any atom is 0.305 e. The number of para-hydroxylation sites is 1. The number of methoxy groups -OCH3 is 1. The Kier molecular flexibility index (Phi) is 4.68. The van der Waals surface area contributed by atoms with Crippen LogP contribution in [0.2, 0.25) is 0 Å². The average Bonchev–Trinajstić information content (AvgIpc) is 2.26. The maximum atomic E-state index is 10.8. The first-order valence-electron chi connectivity index (χ1n) is 4.99. The molecule has 0 atom stereocenters. The van der Waals surface area contributed by atoms with Crippen molar-refractivity contribution in [1.29, 1.82) is 0 Å². The minimum absolute atomic E-state index is 0.191. The lowest BCUT2D eigenvalue weighted by atomic mass is 10.2. The molecule has 0 fully saturated rings. The Labute approximate surface area is 90.0 Å². The Bertz CT molecular complexity index is 320. The second-order valence-electron chi connectivity index (χ2n) is 3.29. The number of rotatable bonds is 5. The predicted octanol–water partition coefficient (Wildman–Crippen LogP) is 2.33. The Morgan fingerprint density at radius 3 is 2.73 bits per heavy atom. The van der Waals surface area contributed by atoms with E-state index in [1.165, 1.54) is 7.11 Å². The normalized spacial score (nSPS) is 9.73. The zero-order valence-corrected chi connectivity index (χ0v) is 9.16. The molecule has 0 saturated carbocycles. The third-order valence-corrected chi connectivity index (χ3v) is 2.10. The fourth-order valence-corrected chi connectivity index (χ4v) is 1.22. The third-order valence-electron chi connectivity index (χ3n) is 2.10. The van der Waals surface area contributed by atoms with E-state index in [0.717, 1.165) is 11.3 Å². The van der Waals surface area contributed by atoms with Crippen molar-refractivity contribution < 1.29 is 14.3 Å². The average molecular weight is 208 g/mol. The molecule has 0 spiro atoms. The minimum Gasteiger partial charge on any atom is -0.493 e. The summed E-state index contributed by atoms with van der Waals surface area (Å²) in [6.45, 7) is 2.54. The predicted molar refractivity (Wildman–Crippen MR) is 57.9 cm³/mol. The van der Waals surface area contributed by atoms with Gasteiger partial charge in [-0.2, -0.15) is 0 Å². The number of ether oxygens (including phenoxy) is 2. The van der Waals surface area contributed by atoms with Gasteiger partial charge >= 0.3 is 5.97 Å². The van der Waals surface area contributed by atoms with Crippen LogP contribution in [0.15, 0.2) is 24.3 Å². The highest BCUT2D eigenvalue weighted by atomic mass is 16.5. The van der Waals surface area contributed by atoms with Crippen molar-refractivity contribution in [3.05, 3.63) is 29.8 Å². The fourth-order valence-electron chi connectivity index (χ4n) is 1.22. The lowest BCUT2D eigenvalue weighted by Gasteiger charge is -2.07. The molecule has 0 aliphatic heterocycles. The molecular weight excluding hydrogens is 192 g/mol. The van der Waals surface area contributed by atoms with Crippen molar-refractivity contribution >= 4 is 5.97 Å². The summed E-state index contributed by atoms with van der Waals surface area (Å²) in [5, 5.41) is 0. The highest BCUT2D eigenvalue weighted by molar-refractivity contribution is 5.69. The maximum absolute atomic E-state index is 10.8. The van der Waals surface area contributed by atoms with Crippen molar-refractivity contribution in [2.75, 3.05) is 13.7 Å². The van der Waals surface area contributed by atoms with Gasteiger partial charge in [-0.25, -0.2) is 0 Å². The molecule has 0 amide bonds. The van der Waals surface area contributed by atoms with Gasteiger partial charge in [0.05, 0.1) is 13.7 Å². The summed E-state index contributed by atoms with van der Waals surface area (Å²) in [5.74, 6) is 0.686. The second kappa shape index (κ2) is 6.06. The monoisotopic (exact) mass is 208 g/mol. The number of aryl methyl sites for hydroxylation is 1. The van der Waals surface area contributed by atoms with Crippen molar-refractivity contribution in [1.82, 2.24) is 0 Å². The second-order valence-corrected chi connectivity index (χ2v) is 3.29. The van der Waals surface area contributed by atoms with Crippen LogP contribution in [0, 0.1) is 6.92 Å². The molecule has 0 saturated heterocycles. The van der Waals surface area contributed by atoms with Gasteiger partial charge in [0.2, 0.25) is 0 Å². The van der Waals surface area contributed by atoms with Crippen molar-refractivity contribution in [3.8, 4) is 5.75 Å². The first-order valence-corrected chi connectivity index (χ1v) is 4.99. The van der Waals surface area contributed by atoms with E-state index in [2.05, 4.69) is 4.74 Å². The van der Waals surface area contributed by atoms with Crippen LogP contribution in [0.1, 0.15) is 18.4 Å². The van der Waals surface area contributed by atoms with Crippen LogP contribution in [-0.4, -0.2) is 19.7 Å². The fraction of sp³-hybridized carbons (Fsp3) is 0.417. The van der Waals surface area contributed by atoms with Crippen molar-refractivity contribution in [3.63, 3.8) is 0 Å². The molecule has 0 N–H and O–H groups in total. The molecule has 0 unspecified atom stereocenters. The molecule has 1 rings (SSSR count). The van der Waals surface area contributed by atoms with Gasteiger partial charge in [-0.1, -0.05) is 18.2 Å². The van der Waals surface area contributed by atoms with Crippen LogP contribution >= 0.6 is 0 Å². The molecule has 82 valence electrons. The van der Waals surface area contributed by atoms with Crippen LogP contribution < -0.4 is 4.74 Å². The number of benzene rings is 1. The van der Waals surface area contributed by atoms with Gasteiger partial charge in [-0.05, 0) is 25.0 Å². The Morgan fingerprint density at radius 1 is 1.33 bits per heavy atom. The first-order chi connectivity index (χ1) is 7.24. The van der Waals surface area contributed by atoms with Gasteiger partial charge in [0.1, 0.15) is 5.75 Å². The topological polar surface area (TPSA) is 35.5 Å². The van der Waals surface area contributed by atoms with Crippen LogP contribution in [0.4, 0.5) is 0 Å². The first kappa shape index (κ1) is 11.6. The van der Waals surface area contributed by atoms with E-state index < -0.39 is 0 Å².